The van der Waals surface area contributed by atoms with Crippen LogP contribution in [-0.4, -0.2) is 10.0 Å². The molecule has 1 aliphatic carbocycles. The monoisotopic (exact) mass is 532 g/mol. The van der Waals surface area contributed by atoms with Crippen molar-refractivity contribution in [2.45, 2.75) is 87.6 Å². The van der Waals surface area contributed by atoms with Crippen LogP contribution in [0.3, 0.4) is 0 Å². The molecule has 0 bridgehead atoms. The standard InChI is InChI=1S/C22H30F5IO/c1-2-4-15(6-7-16-8-10-17(28)11-9-16)5-3-12-22(26,27)29-18-13-19(23)21(25)20(24)14-18/h13-17H,2-12H2,1H3. The van der Waals surface area contributed by atoms with Crippen LogP contribution in [0.1, 0.15) is 77.6 Å². The molecule has 166 valence electrons. The van der Waals surface area contributed by atoms with E-state index in [0.717, 1.165) is 35.5 Å². The van der Waals surface area contributed by atoms with Crippen molar-refractivity contribution in [1.82, 2.24) is 0 Å². The van der Waals surface area contributed by atoms with E-state index in [2.05, 4.69) is 34.3 Å². The lowest BCUT2D eigenvalue weighted by molar-refractivity contribution is -0.182. The highest BCUT2D eigenvalue weighted by Gasteiger charge is 2.32. The fraction of sp³-hybridized carbons (Fsp3) is 0.727. The first-order chi connectivity index (χ1) is 13.7. The molecule has 0 N–H and O–H groups in total. The minimum absolute atomic E-state index is 0.268. The van der Waals surface area contributed by atoms with E-state index in [1.807, 2.05) is 0 Å². The Labute approximate surface area is 183 Å². The number of halogens is 6. The number of benzene rings is 1. The van der Waals surface area contributed by atoms with E-state index >= 15 is 0 Å². The average molecular weight is 532 g/mol. The van der Waals surface area contributed by atoms with Crippen molar-refractivity contribution < 1.29 is 26.7 Å². The van der Waals surface area contributed by atoms with Gasteiger partial charge in [0, 0.05) is 16.1 Å². The van der Waals surface area contributed by atoms with E-state index in [1.165, 1.54) is 25.7 Å². The van der Waals surface area contributed by atoms with Gasteiger partial charge in [0.25, 0.3) is 0 Å². The third-order valence-electron chi connectivity index (χ3n) is 5.76. The molecular weight excluding hydrogens is 502 g/mol. The number of alkyl halides is 3. The predicted octanol–water partition coefficient (Wildman–Crippen LogP) is 8.44. The fourth-order valence-electron chi connectivity index (χ4n) is 4.13. The first kappa shape index (κ1) is 24.7. The highest BCUT2D eigenvalue weighted by atomic mass is 127. The molecule has 1 saturated carbocycles. The fourth-order valence-corrected chi connectivity index (χ4v) is 4.85. The molecule has 1 nitrogen and oxygen atoms in total. The van der Waals surface area contributed by atoms with Gasteiger partial charge in [0.2, 0.25) is 0 Å². The van der Waals surface area contributed by atoms with E-state index in [1.54, 1.807) is 0 Å². The summed E-state index contributed by atoms with van der Waals surface area (Å²) in [5.74, 6) is -4.33. The Morgan fingerprint density at radius 1 is 1.03 bits per heavy atom. The van der Waals surface area contributed by atoms with Gasteiger partial charge in [0.1, 0.15) is 5.75 Å². The predicted molar refractivity (Wildman–Crippen MR) is 113 cm³/mol. The van der Waals surface area contributed by atoms with Gasteiger partial charge in [-0.05, 0) is 43.9 Å². The maximum Gasteiger partial charge on any atom is 0.397 e. The van der Waals surface area contributed by atoms with Crippen LogP contribution in [0.4, 0.5) is 22.0 Å². The van der Waals surface area contributed by atoms with Crippen LogP contribution in [0.15, 0.2) is 12.1 Å². The van der Waals surface area contributed by atoms with Gasteiger partial charge in [0.05, 0.1) is 6.42 Å². The minimum atomic E-state index is -3.55. The molecule has 0 radical (unpaired) electrons. The molecule has 0 aliphatic heterocycles. The summed E-state index contributed by atoms with van der Waals surface area (Å²) in [6.45, 7) is 2.10. The van der Waals surface area contributed by atoms with Crippen molar-refractivity contribution in [1.29, 1.82) is 0 Å². The van der Waals surface area contributed by atoms with E-state index in [9.17, 15) is 22.0 Å². The quantitative estimate of drug-likeness (QED) is 0.120. The van der Waals surface area contributed by atoms with Gasteiger partial charge in [-0.3, -0.25) is 0 Å². The Balaban J connectivity index is 1.78. The van der Waals surface area contributed by atoms with Crippen molar-refractivity contribution in [3.05, 3.63) is 29.6 Å². The Morgan fingerprint density at radius 3 is 2.24 bits per heavy atom. The molecule has 2 rings (SSSR count). The summed E-state index contributed by atoms with van der Waals surface area (Å²) in [7, 11) is 0. The molecule has 1 aromatic rings. The van der Waals surface area contributed by atoms with E-state index in [-0.39, 0.29) is 6.42 Å². The molecule has 1 unspecified atom stereocenters. The molecule has 0 amide bonds. The third kappa shape index (κ3) is 8.58. The molecule has 0 aromatic heterocycles. The zero-order valence-electron chi connectivity index (χ0n) is 16.8. The molecule has 1 fully saturated rings. The van der Waals surface area contributed by atoms with Crippen LogP contribution in [0.5, 0.6) is 5.75 Å². The van der Waals surface area contributed by atoms with Crippen LogP contribution >= 0.6 is 22.6 Å². The number of rotatable bonds is 11. The first-order valence-electron chi connectivity index (χ1n) is 10.6. The molecule has 0 heterocycles. The number of hydrogen-bond acceptors (Lipinski definition) is 1. The Kier molecular flexibility index (Phi) is 9.95. The molecule has 0 spiro atoms. The highest BCUT2D eigenvalue weighted by molar-refractivity contribution is 14.1. The Hall–Kier alpha value is -0.600. The van der Waals surface area contributed by atoms with Gasteiger partial charge in [-0.2, -0.15) is 8.78 Å². The van der Waals surface area contributed by atoms with Gasteiger partial charge >= 0.3 is 6.11 Å². The van der Waals surface area contributed by atoms with Crippen LogP contribution in [0.2, 0.25) is 0 Å². The van der Waals surface area contributed by atoms with Crippen molar-refractivity contribution in [2.75, 3.05) is 0 Å². The van der Waals surface area contributed by atoms with Crippen molar-refractivity contribution in [3.8, 4) is 5.75 Å². The largest absolute Gasteiger partial charge is 0.432 e. The summed E-state index contributed by atoms with van der Waals surface area (Å²) >= 11 is 2.52. The van der Waals surface area contributed by atoms with Gasteiger partial charge in [-0.1, -0.05) is 61.6 Å². The van der Waals surface area contributed by atoms with Crippen molar-refractivity contribution >= 4 is 22.6 Å². The second-order valence-electron chi connectivity index (χ2n) is 8.18. The zero-order valence-corrected chi connectivity index (χ0v) is 19.0. The summed E-state index contributed by atoms with van der Waals surface area (Å²) < 4.78 is 72.7. The van der Waals surface area contributed by atoms with Gasteiger partial charge in [-0.15, -0.1) is 0 Å². The molecule has 1 aliphatic rings. The van der Waals surface area contributed by atoms with Crippen molar-refractivity contribution in [2.24, 2.45) is 11.8 Å². The summed E-state index contributed by atoms with van der Waals surface area (Å²) in [4.78, 5) is 0. The average Bonchev–Trinajstić information content (AvgIpc) is 2.65. The number of hydrogen-bond donors (Lipinski definition) is 0. The van der Waals surface area contributed by atoms with Crippen LogP contribution in [-0.2, 0) is 0 Å². The normalized spacial score (nSPS) is 21.2. The molecular formula is C22H30F5IO. The van der Waals surface area contributed by atoms with Gasteiger partial charge in [-0.25, -0.2) is 13.2 Å². The topological polar surface area (TPSA) is 9.23 Å². The molecule has 1 atom stereocenters. The lowest BCUT2D eigenvalue weighted by Gasteiger charge is -2.27. The minimum Gasteiger partial charge on any atom is -0.432 e. The maximum absolute atomic E-state index is 14.1. The van der Waals surface area contributed by atoms with Crippen molar-refractivity contribution in [3.63, 3.8) is 0 Å². The SMILES string of the molecule is CCCC(CCCC(F)(F)Oc1cc(F)c(F)c(F)c1)CCC1CCC(I)CC1. The van der Waals surface area contributed by atoms with Crippen LogP contribution < -0.4 is 4.74 Å². The van der Waals surface area contributed by atoms with Gasteiger partial charge < -0.3 is 4.74 Å². The lowest BCUT2D eigenvalue weighted by Crippen LogP contribution is -2.25. The van der Waals surface area contributed by atoms with E-state index in [0.29, 0.717) is 24.5 Å². The maximum atomic E-state index is 14.1. The second-order valence-corrected chi connectivity index (χ2v) is 9.94. The summed E-state index contributed by atoms with van der Waals surface area (Å²) in [6.07, 6.45) is 6.21. The lowest BCUT2D eigenvalue weighted by atomic mass is 9.82. The molecule has 0 saturated heterocycles. The summed E-state index contributed by atoms with van der Waals surface area (Å²) in [6, 6.07) is 0.882. The number of ether oxygens (including phenoxy) is 1. The molecule has 29 heavy (non-hydrogen) atoms. The van der Waals surface area contributed by atoms with E-state index < -0.39 is 35.7 Å². The third-order valence-corrected chi connectivity index (χ3v) is 7.01. The van der Waals surface area contributed by atoms with Gasteiger partial charge in [0.15, 0.2) is 17.5 Å². The Bertz CT molecular complexity index is 609. The van der Waals surface area contributed by atoms with Crippen LogP contribution in [0.25, 0.3) is 0 Å². The van der Waals surface area contributed by atoms with E-state index in [4.69, 9.17) is 0 Å². The Morgan fingerprint density at radius 2 is 1.66 bits per heavy atom. The second kappa shape index (κ2) is 11.7. The molecule has 1 aromatic carbocycles. The molecule has 7 heteroatoms. The van der Waals surface area contributed by atoms with Crippen LogP contribution in [0, 0.1) is 29.3 Å². The summed E-state index contributed by atoms with van der Waals surface area (Å²) in [5.41, 5.74) is 0. The first-order valence-corrected chi connectivity index (χ1v) is 11.8. The highest BCUT2D eigenvalue weighted by Crippen LogP contribution is 2.35. The zero-order chi connectivity index (χ0) is 21.4. The summed E-state index contributed by atoms with van der Waals surface area (Å²) in [5, 5.41) is 0. The smallest absolute Gasteiger partial charge is 0.397 e.